The second-order valence-corrected chi connectivity index (χ2v) is 10.1. The summed E-state index contributed by atoms with van der Waals surface area (Å²) in [7, 11) is -1.02. The molecule has 1 N–H and O–H groups in total. The first-order valence-electron chi connectivity index (χ1n) is 11.1. The number of para-hydroxylation sites is 1. The Morgan fingerprint density at radius 3 is 2.28 bits per heavy atom. The number of methoxy groups -OCH3 is 2. The molecule has 0 fully saturated rings. The highest BCUT2D eigenvalue weighted by molar-refractivity contribution is 7.92. The summed E-state index contributed by atoms with van der Waals surface area (Å²) in [6, 6.07) is 18.1. The third-order valence-electron chi connectivity index (χ3n) is 5.38. The zero-order valence-electron chi connectivity index (χ0n) is 20.5. The highest BCUT2D eigenvalue weighted by atomic mass is 35.5. The first-order valence-corrected chi connectivity index (χ1v) is 12.9. The van der Waals surface area contributed by atoms with Gasteiger partial charge in [0, 0.05) is 5.56 Å². The molecule has 0 aliphatic carbocycles. The zero-order chi connectivity index (χ0) is 26.3. The molecule has 0 aliphatic rings. The number of nitrogens with one attached hydrogen (secondary N) is 1. The van der Waals surface area contributed by atoms with Gasteiger partial charge in [-0.05, 0) is 55.8 Å². The molecular weight excluding hydrogens is 502 g/mol. The maximum absolute atomic E-state index is 13.5. The number of benzene rings is 3. The first-order chi connectivity index (χ1) is 17.2. The fourth-order valence-electron chi connectivity index (χ4n) is 3.45. The maximum atomic E-state index is 13.5. The molecule has 3 aromatic carbocycles. The van der Waals surface area contributed by atoms with E-state index in [1.54, 1.807) is 61.7 Å². The van der Waals surface area contributed by atoms with Crippen molar-refractivity contribution in [1.29, 1.82) is 0 Å². The summed E-state index contributed by atoms with van der Waals surface area (Å²) in [6.45, 7) is 3.23. The topological polar surface area (TPSA) is 97.3 Å². The Balaban J connectivity index is 1.90. The van der Waals surface area contributed by atoms with E-state index in [1.807, 2.05) is 13.8 Å². The van der Waals surface area contributed by atoms with Crippen molar-refractivity contribution in [3.05, 3.63) is 82.9 Å². The summed E-state index contributed by atoms with van der Waals surface area (Å²) in [5.74, 6) is 0.464. The van der Waals surface area contributed by atoms with Crippen molar-refractivity contribution in [3.63, 3.8) is 0 Å². The Labute approximate surface area is 216 Å². The lowest BCUT2D eigenvalue weighted by Crippen LogP contribution is -2.40. The molecule has 0 saturated heterocycles. The molecule has 3 aromatic rings. The molecule has 0 unspecified atom stereocenters. The van der Waals surface area contributed by atoms with Crippen LogP contribution in [0.15, 0.2) is 76.7 Å². The molecule has 0 aliphatic heterocycles. The molecule has 0 aromatic heterocycles. The summed E-state index contributed by atoms with van der Waals surface area (Å²) in [4.78, 5) is 13.0. The maximum Gasteiger partial charge on any atom is 0.264 e. The summed E-state index contributed by atoms with van der Waals surface area (Å²) >= 11 is 6.32. The van der Waals surface area contributed by atoms with Gasteiger partial charge in [-0.25, -0.2) is 13.8 Å². The minimum Gasteiger partial charge on any atom is -0.493 e. The van der Waals surface area contributed by atoms with Crippen molar-refractivity contribution in [2.45, 2.75) is 25.2 Å². The number of sulfonamides is 1. The Hall–Kier alpha value is -3.56. The number of carbonyl (C=O) groups excluding carboxylic acids is 1. The normalized spacial score (nSPS) is 11.6. The summed E-state index contributed by atoms with van der Waals surface area (Å²) in [5.41, 5.74) is 4.88. The van der Waals surface area contributed by atoms with Crippen molar-refractivity contribution < 1.29 is 22.7 Å². The van der Waals surface area contributed by atoms with E-state index in [9.17, 15) is 13.2 Å². The SMILES string of the molecule is CC/C(=N/NC(=O)CN(c1ccccc1Cl)S(=O)(=O)c1ccc(C)cc1)c1ccc(OC)c(OC)c1. The van der Waals surface area contributed by atoms with Gasteiger partial charge in [0.1, 0.15) is 6.54 Å². The number of anilines is 1. The van der Waals surface area contributed by atoms with E-state index in [4.69, 9.17) is 21.1 Å². The van der Waals surface area contributed by atoms with Crippen LogP contribution >= 0.6 is 11.6 Å². The van der Waals surface area contributed by atoms with Crippen LogP contribution in [-0.2, 0) is 14.8 Å². The van der Waals surface area contributed by atoms with Gasteiger partial charge in [0.05, 0.1) is 35.5 Å². The number of hydrogen-bond acceptors (Lipinski definition) is 6. The number of halogens is 1. The lowest BCUT2D eigenvalue weighted by Gasteiger charge is -2.24. The van der Waals surface area contributed by atoms with Crippen LogP contribution in [0, 0.1) is 6.92 Å². The Morgan fingerprint density at radius 2 is 1.67 bits per heavy atom. The predicted octanol–water partition coefficient (Wildman–Crippen LogP) is 4.79. The molecule has 1 amide bonds. The van der Waals surface area contributed by atoms with Crippen LogP contribution in [0.1, 0.15) is 24.5 Å². The Kier molecular flexibility index (Phi) is 8.95. The van der Waals surface area contributed by atoms with Crippen molar-refractivity contribution in [2.24, 2.45) is 5.10 Å². The van der Waals surface area contributed by atoms with Crippen molar-refractivity contribution >= 4 is 38.9 Å². The smallest absolute Gasteiger partial charge is 0.264 e. The summed E-state index contributed by atoms with van der Waals surface area (Å²) in [5, 5.41) is 4.44. The van der Waals surface area contributed by atoms with Crippen LogP contribution in [0.4, 0.5) is 5.69 Å². The van der Waals surface area contributed by atoms with Gasteiger partial charge in [-0.1, -0.05) is 48.4 Å². The van der Waals surface area contributed by atoms with Gasteiger partial charge < -0.3 is 9.47 Å². The van der Waals surface area contributed by atoms with E-state index >= 15 is 0 Å². The fraction of sp³-hybridized carbons (Fsp3) is 0.231. The van der Waals surface area contributed by atoms with Gasteiger partial charge in [-0.3, -0.25) is 9.10 Å². The van der Waals surface area contributed by atoms with Crippen LogP contribution in [0.5, 0.6) is 11.5 Å². The highest BCUT2D eigenvalue weighted by Crippen LogP contribution is 2.30. The average Bonchev–Trinajstić information content (AvgIpc) is 2.88. The molecular formula is C26H28ClN3O5S. The number of rotatable bonds is 10. The molecule has 0 bridgehead atoms. The molecule has 10 heteroatoms. The van der Waals surface area contributed by atoms with Gasteiger partial charge in [-0.15, -0.1) is 0 Å². The van der Waals surface area contributed by atoms with Crippen LogP contribution in [0.3, 0.4) is 0 Å². The standard InChI is InChI=1S/C26H28ClN3O5S/c1-5-22(19-12-15-24(34-3)25(16-19)35-4)28-29-26(31)17-30(23-9-7-6-8-21(23)27)36(32,33)20-13-10-18(2)11-14-20/h6-16H,5,17H2,1-4H3,(H,29,31)/b28-22-. The second kappa shape index (κ2) is 11.9. The number of hydrogen-bond donors (Lipinski definition) is 1. The minimum atomic E-state index is -4.09. The lowest BCUT2D eigenvalue weighted by atomic mass is 10.1. The quantitative estimate of drug-likeness (QED) is 0.301. The third-order valence-corrected chi connectivity index (χ3v) is 7.48. The van der Waals surface area contributed by atoms with Crippen molar-refractivity contribution in [2.75, 3.05) is 25.1 Å². The van der Waals surface area contributed by atoms with Crippen LogP contribution < -0.4 is 19.2 Å². The molecule has 36 heavy (non-hydrogen) atoms. The number of hydrazone groups is 1. The third kappa shape index (κ3) is 6.16. The number of carbonyl (C=O) groups is 1. The molecule has 190 valence electrons. The Morgan fingerprint density at radius 1 is 1.00 bits per heavy atom. The van der Waals surface area contributed by atoms with Crippen molar-refractivity contribution in [3.8, 4) is 11.5 Å². The van der Waals surface area contributed by atoms with E-state index in [2.05, 4.69) is 10.5 Å². The monoisotopic (exact) mass is 529 g/mol. The second-order valence-electron chi connectivity index (χ2n) is 7.79. The largest absolute Gasteiger partial charge is 0.493 e. The van der Waals surface area contributed by atoms with Crippen LogP contribution in [0.2, 0.25) is 5.02 Å². The van der Waals surface area contributed by atoms with E-state index < -0.39 is 22.5 Å². The fourth-order valence-corrected chi connectivity index (χ4v) is 5.18. The van der Waals surface area contributed by atoms with E-state index in [0.29, 0.717) is 23.6 Å². The first kappa shape index (κ1) is 27.0. The van der Waals surface area contributed by atoms with E-state index in [0.717, 1.165) is 15.4 Å². The molecule has 0 radical (unpaired) electrons. The van der Waals surface area contributed by atoms with Crippen LogP contribution in [-0.4, -0.2) is 40.8 Å². The van der Waals surface area contributed by atoms with Gasteiger partial charge in [0.2, 0.25) is 0 Å². The minimum absolute atomic E-state index is 0.0453. The number of amides is 1. The molecule has 0 atom stereocenters. The number of nitrogens with zero attached hydrogens (tertiary/aromatic N) is 2. The predicted molar refractivity (Wildman–Crippen MR) is 142 cm³/mol. The van der Waals surface area contributed by atoms with Crippen molar-refractivity contribution in [1.82, 2.24) is 5.43 Å². The Bertz CT molecular complexity index is 1360. The highest BCUT2D eigenvalue weighted by Gasteiger charge is 2.28. The van der Waals surface area contributed by atoms with E-state index in [-0.39, 0.29) is 15.6 Å². The molecule has 8 nitrogen and oxygen atoms in total. The number of ether oxygens (including phenoxy) is 2. The van der Waals surface area contributed by atoms with Gasteiger partial charge in [0.25, 0.3) is 15.9 Å². The molecule has 3 rings (SSSR count). The van der Waals surface area contributed by atoms with Gasteiger partial charge in [-0.2, -0.15) is 5.10 Å². The van der Waals surface area contributed by atoms with Gasteiger partial charge >= 0.3 is 0 Å². The zero-order valence-corrected chi connectivity index (χ0v) is 22.1. The lowest BCUT2D eigenvalue weighted by molar-refractivity contribution is -0.119. The summed E-state index contributed by atoms with van der Waals surface area (Å²) in [6.07, 6.45) is 0.506. The molecule has 0 saturated carbocycles. The van der Waals surface area contributed by atoms with Gasteiger partial charge in [0.15, 0.2) is 11.5 Å². The average molecular weight is 530 g/mol. The summed E-state index contributed by atoms with van der Waals surface area (Å²) < 4.78 is 38.6. The molecule has 0 spiro atoms. The molecule has 0 heterocycles. The number of aryl methyl sites for hydroxylation is 1. The van der Waals surface area contributed by atoms with E-state index in [1.165, 1.54) is 19.2 Å². The van der Waals surface area contributed by atoms with Crippen LogP contribution in [0.25, 0.3) is 0 Å².